The highest BCUT2D eigenvalue weighted by molar-refractivity contribution is 7.00. The number of amides is 1. The van der Waals surface area contributed by atoms with Gasteiger partial charge in [0.15, 0.2) is 0 Å². The summed E-state index contributed by atoms with van der Waals surface area (Å²) in [6.45, 7) is 3.08. The molecule has 0 saturated carbocycles. The van der Waals surface area contributed by atoms with Gasteiger partial charge in [0.05, 0.1) is 24.0 Å². The van der Waals surface area contributed by atoms with E-state index < -0.39 is 0 Å². The van der Waals surface area contributed by atoms with Gasteiger partial charge in [-0.3, -0.25) is 14.5 Å². The molecule has 0 aliphatic heterocycles. The maximum absolute atomic E-state index is 12.3. The molecule has 0 spiro atoms. The Morgan fingerprint density at radius 2 is 2.08 bits per heavy atom. The summed E-state index contributed by atoms with van der Waals surface area (Å²) in [5.41, 5.74) is 5.02. The fourth-order valence-electron chi connectivity index (χ4n) is 2.69. The molecule has 0 aliphatic carbocycles. The lowest BCUT2D eigenvalue weighted by Gasteiger charge is -2.07. The number of carbonyl (C=O) groups is 1. The molecule has 0 bridgehead atoms. The smallest absolute Gasteiger partial charge is 0.251 e. The lowest BCUT2D eigenvalue weighted by molar-refractivity contribution is 0.0952. The second-order valence-corrected chi connectivity index (χ2v) is 6.39. The summed E-state index contributed by atoms with van der Waals surface area (Å²) in [6, 6.07) is 11.2. The van der Waals surface area contributed by atoms with Crippen molar-refractivity contribution in [3.63, 3.8) is 0 Å². The molecule has 26 heavy (non-hydrogen) atoms. The van der Waals surface area contributed by atoms with Crippen molar-refractivity contribution in [3.8, 4) is 11.3 Å². The highest BCUT2D eigenvalue weighted by Crippen LogP contribution is 2.17. The van der Waals surface area contributed by atoms with Crippen LogP contribution in [0.15, 0.2) is 48.8 Å². The number of rotatable bonds is 5. The molecule has 0 aliphatic rings. The van der Waals surface area contributed by atoms with E-state index in [9.17, 15) is 4.79 Å². The minimum Gasteiger partial charge on any atom is -0.350 e. The topological polar surface area (TPSA) is 85.6 Å². The molecule has 0 saturated heterocycles. The molecule has 3 aromatic heterocycles. The van der Waals surface area contributed by atoms with Crippen LogP contribution in [-0.2, 0) is 6.54 Å². The van der Waals surface area contributed by atoms with Crippen molar-refractivity contribution >= 4 is 28.7 Å². The number of nitrogens with one attached hydrogen (secondary N) is 1. The minimum absolute atomic E-state index is 0.128. The molecule has 0 unspecified atom stereocenters. The van der Waals surface area contributed by atoms with Crippen molar-refractivity contribution < 1.29 is 4.79 Å². The second kappa shape index (κ2) is 7.01. The quantitative estimate of drug-likeness (QED) is 0.588. The molecule has 1 aromatic carbocycles. The third-order valence-electron chi connectivity index (χ3n) is 4.06. The van der Waals surface area contributed by atoms with Crippen molar-refractivity contribution in [2.45, 2.75) is 13.5 Å². The minimum atomic E-state index is -0.128. The summed E-state index contributed by atoms with van der Waals surface area (Å²) in [6.07, 6.45) is 3.53. The van der Waals surface area contributed by atoms with Crippen LogP contribution in [-0.4, -0.2) is 36.0 Å². The number of fused-ring (bicyclic) bond motifs is 1. The zero-order valence-electron chi connectivity index (χ0n) is 14.1. The van der Waals surface area contributed by atoms with Gasteiger partial charge in [0.25, 0.3) is 5.91 Å². The second-order valence-electron chi connectivity index (χ2n) is 5.86. The van der Waals surface area contributed by atoms with Crippen LogP contribution < -0.4 is 5.32 Å². The zero-order chi connectivity index (χ0) is 17.9. The molecule has 0 radical (unpaired) electrons. The highest BCUT2D eigenvalue weighted by Gasteiger charge is 2.09. The van der Waals surface area contributed by atoms with E-state index in [1.807, 2.05) is 35.9 Å². The van der Waals surface area contributed by atoms with Gasteiger partial charge in [-0.05, 0) is 43.3 Å². The average molecular weight is 364 g/mol. The fraction of sp³-hybridized carbons (Fsp3) is 0.167. The van der Waals surface area contributed by atoms with Gasteiger partial charge in [0.1, 0.15) is 11.0 Å². The van der Waals surface area contributed by atoms with Crippen LogP contribution in [0.2, 0.25) is 0 Å². The largest absolute Gasteiger partial charge is 0.350 e. The molecular formula is C18H16N6OS. The summed E-state index contributed by atoms with van der Waals surface area (Å²) < 4.78 is 10.2. The van der Waals surface area contributed by atoms with E-state index in [-0.39, 0.29) is 5.91 Å². The summed E-state index contributed by atoms with van der Waals surface area (Å²) in [7, 11) is 0. The molecule has 8 heteroatoms. The van der Waals surface area contributed by atoms with Crippen molar-refractivity contribution in [2.24, 2.45) is 0 Å². The Kier molecular flexibility index (Phi) is 4.40. The van der Waals surface area contributed by atoms with Crippen LogP contribution in [0.3, 0.4) is 0 Å². The van der Waals surface area contributed by atoms with E-state index in [0.717, 1.165) is 39.7 Å². The molecule has 4 rings (SSSR count). The summed E-state index contributed by atoms with van der Waals surface area (Å²) in [5, 5.41) is 7.52. The molecule has 0 fully saturated rings. The predicted molar refractivity (Wildman–Crippen MR) is 99.9 cm³/mol. The third kappa shape index (κ3) is 3.31. The summed E-state index contributed by atoms with van der Waals surface area (Å²) >= 11 is 1.14. The van der Waals surface area contributed by atoms with Crippen LogP contribution >= 0.6 is 11.7 Å². The first kappa shape index (κ1) is 16.3. The van der Waals surface area contributed by atoms with Crippen molar-refractivity contribution in [2.75, 3.05) is 6.54 Å². The first-order chi connectivity index (χ1) is 12.7. The summed E-state index contributed by atoms with van der Waals surface area (Å²) in [5.74, 6) is -0.128. The van der Waals surface area contributed by atoms with Crippen LogP contribution in [0, 0.1) is 6.92 Å². The molecule has 0 atom stereocenters. The molecule has 130 valence electrons. The molecule has 7 nitrogen and oxygen atoms in total. The van der Waals surface area contributed by atoms with Gasteiger partial charge in [0.2, 0.25) is 0 Å². The maximum Gasteiger partial charge on any atom is 0.251 e. The number of nitrogens with zero attached hydrogens (tertiary/aromatic N) is 5. The number of benzene rings is 1. The maximum atomic E-state index is 12.3. The standard InChI is InChI=1S/C18H16N6OS/c1-12-9-16(14-3-2-6-19-11-14)21-24(12)8-7-20-18(25)13-4-5-15-17(10-13)23-26-22-15/h2-6,9-11H,7-8H2,1H3,(H,20,25). The third-order valence-corrected chi connectivity index (χ3v) is 4.62. The predicted octanol–water partition coefficient (Wildman–Crippen LogP) is 2.69. The number of hydrogen-bond acceptors (Lipinski definition) is 6. The van der Waals surface area contributed by atoms with Crippen molar-refractivity contribution in [3.05, 3.63) is 60.0 Å². The lowest BCUT2D eigenvalue weighted by atomic mass is 10.2. The number of aromatic nitrogens is 5. The van der Waals surface area contributed by atoms with Gasteiger partial charge in [0, 0.05) is 35.8 Å². The van der Waals surface area contributed by atoms with Gasteiger partial charge in [-0.25, -0.2) is 0 Å². The molecule has 4 aromatic rings. The lowest BCUT2D eigenvalue weighted by Crippen LogP contribution is -2.27. The highest BCUT2D eigenvalue weighted by atomic mass is 32.1. The van der Waals surface area contributed by atoms with Gasteiger partial charge in [-0.2, -0.15) is 13.8 Å². The van der Waals surface area contributed by atoms with Gasteiger partial charge in [-0.15, -0.1) is 0 Å². The van der Waals surface area contributed by atoms with Crippen molar-refractivity contribution in [1.29, 1.82) is 0 Å². The number of carbonyl (C=O) groups excluding carboxylic acids is 1. The zero-order valence-corrected chi connectivity index (χ0v) is 14.9. The van der Waals surface area contributed by atoms with Gasteiger partial charge < -0.3 is 5.32 Å². The SMILES string of the molecule is Cc1cc(-c2cccnc2)nn1CCNC(=O)c1ccc2nsnc2c1. The first-order valence-electron chi connectivity index (χ1n) is 8.16. The Balaban J connectivity index is 1.40. The first-order valence-corrected chi connectivity index (χ1v) is 8.89. The normalized spacial score (nSPS) is 11.0. The van der Waals surface area contributed by atoms with E-state index in [1.165, 1.54) is 0 Å². The van der Waals surface area contributed by atoms with Crippen LogP contribution in [0.5, 0.6) is 0 Å². The monoisotopic (exact) mass is 364 g/mol. The van der Waals surface area contributed by atoms with Crippen molar-refractivity contribution in [1.82, 2.24) is 28.8 Å². The Labute approximate surface area is 154 Å². The van der Waals surface area contributed by atoms with Gasteiger partial charge in [-0.1, -0.05) is 0 Å². The number of hydrogen-bond donors (Lipinski definition) is 1. The van der Waals surface area contributed by atoms with E-state index in [1.54, 1.807) is 24.5 Å². The van der Waals surface area contributed by atoms with E-state index in [2.05, 4.69) is 24.1 Å². The number of aryl methyl sites for hydroxylation is 1. The Morgan fingerprint density at radius 3 is 2.92 bits per heavy atom. The fourth-order valence-corrected chi connectivity index (χ4v) is 3.21. The molecule has 1 amide bonds. The van der Waals surface area contributed by atoms with E-state index >= 15 is 0 Å². The van der Waals surface area contributed by atoms with Gasteiger partial charge >= 0.3 is 0 Å². The van der Waals surface area contributed by atoms with Crippen LogP contribution in [0.25, 0.3) is 22.3 Å². The van der Waals surface area contributed by atoms with Crippen LogP contribution in [0.4, 0.5) is 0 Å². The Bertz CT molecular complexity index is 1060. The molecular weight excluding hydrogens is 348 g/mol. The molecule has 3 heterocycles. The Morgan fingerprint density at radius 1 is 1.19 bits per heavy atom. The summed E-state index contributed by atoms with van der Waals surface area (Å²) in [4.78, 5) is 16.4. The number of pyridine rings is 1. The molecule has 1 N–H and O–H groups in total. The van der Waals surface area contributed by atoms with E-state index in [4.69, 9.17) is 0 Å². The average Bonchev–Trinajstić information content (AvgIpc) is 3.28. The Hall–Kier alpha value is -3.13. The van der Waals surface area contributed by atoms with E-state index in [0.29, 0.717) is 18.7 Å². The van der Waals surface area contributed by atoms with Crippen LogP contribution in [0.1, 0.15) is 16.1 Å².